The van der Waals surface area contributed by atoms with Crippen LogP contribution in [0.5, 0.6) is 0 Å². The Morgan fingerprint density at radius 2 is 2.00 bits per heavy atom. The van der Waals surface area contributed by atoms with Gasteiger partial charge in [-0.3, -0.25) is 0 Å². The van der Waals surface area contributed by atoms with Crippen LogP contribution in [-0.2, 0) is 14.7 Å². The first-order valence-corrected chi connectivity index (χ1v) is 8.18. The molecular formula is C15H19NO3S. The van der Waals surface area contributed by atoms with Gasteiger partial charge in [-0.05, 0) is 31.9 Å². The zero-order valence-corrected chi connectivity index (χ0v) is 12.8. The summed E-state index contributed by atoms with van der Waals surface area (Å²) in [4.78, 5) is 5.15. The average molecular weight is 293 g/mol. The van der Waals surface area contributed by atoms with Crippen molar-refractivity contribution in [2.75, 3.05) is 5.75 Å². The molecule has 0 spiro atoms. The van der Waals surface area contributed by atoms with Gasteiger partial charge in [0.15, 0.2) is 14.9 Å². The van der Waals surface area contributed by atoms with E-state index in [-0.39, 0.29) is 10.8 Å². The van der Waals surface area contributed by atoms with Gasteiger partial charge in [-0.1, -0.05) is 41.6 Å². The van der Waals surface area contributed by atoms with E-state index in [0.29, 0.717) is 6.42 Å². The van der Waals surface area contributed by atoms with Crippen LogP contribution in [0.25, 0.3) is 5.57 Å². The highest BCUT2D eigenvalue weighted by atomic mass is 32.2. The maximum atomic E-state index is 12.4. The van der Waals surface area contributed by atoms with E-state index in [1.165, 1.54) is 0 Å². The lowest BCUT2D eigenvalue weighted by Crippen LogP contribution is -2.24. The Morgan fingerprint density at radius 1 is 1.35 bits per heavy atom. The van der Waals surface area contributed by atoms with Crippen LogP contribution >= 0.6 is 0 Å². The van der Waals surface area contributed by atoms with Crippen molar-refractivity contribution in [1.29, 1.82) is 0 Å². The lowest BCUT2D eigenvalue weighted by molar-refractivity contribution is 0.0123. The molecule has 108 valence electrons. The fourth-order valence-electron chi connectivity index (χ4n) is 2.04. The number of rotatable bonds is 3. The Hall–Kier alpha value is -1.62. The Balaban J connectivity index is 2.21. The number of sulfone groups is 1. The minimum absolute atomic E-state index is 0.0498. The summed E-state index contributed by atoms with van der Waals surface area (Å²) in [6.07, 6.45) is 2.15. The summed E-state index contributed by atoms with van der Waals surface area (Å²) in [5, 5.41) is 3.88. The van der Waals surface area contributed by atoms with Gasteiger partial charge in [0.1, 0.15) is 5.60 Å². The van der Waals surface area contributed by atoms with Crippen molar-refractivity contribution >= 4 is 20.5 Å². The monoisotopic (exact) mass is 293 g/mol. The molecule has 0 amide bonds. The summed E-state index contributed by atoms with van der Waals surface area (Å²) in [5.74, 6) is -0.0498. The van der Waals surface area contributed by atoms with E-state index in [4.69, 9.17) is 4.84 Å². The highest BCUT2D eigenvalue weighted by molar-refractivity contribution is 8.06. The van der Waals surface area contributed by atoms with Crippen LogP contribution in [0.3, 0.4) is 0 Å². The first-order chi connectivity index (χ1) is 9.34. The molecule has 0 N–H and O–H groups in total. The van der Waals surface area contributed by atoms with E-state index in [1.807, 2.05) is 57.2 Å². The molecule has 0 fully saturated rings. The van der Waals surface area contributed by atoms with Gasteiger partial charge in [-0.25, -0.2) is 8.42 Å². The average Bonchev–Trinajstić information content (AvgIpc) is 2.78. The zero-order valence-electron chi connectivity index (χ0n) is 12.0. The molecule has 0 aliphatic carbocycles. The molecule has 4 nitrogen and oxygen atoms in total. The largest absolute Gasteiger partial charge is 0.389 e. The van der Waals surface area contributed by atoms with Gasteiger partial charge in [0.25, 0.3) is 0 Å². The Morgan fingerprint density at radius 3 is 2.50 bits per heavy atom. The van der Waals surface area contributed by atoms with Gasteiger partial charge in [-0.2, -0.15) is 0 Å². The molecule has 0 atom stereocenters. The summed E-state index contributed by atoms with van der Waals surface area (Å²) in [7, 11) is -3.43. The topological polar surface area (TPSA) is 55.7 Å². The second-order valence-corrected chi connectivity index (χ2v) is 7.44. The number of oxime groups is 1. The fraction of sp³-hybridized carbons (Fsp3) is 0.400. The lowest BCUT2D eigenvalue weighted by Gasteiger charge is -2.13. The molecule has 2 rings (SSSR count). The van der Waals surface area contributed by atoms with E-state index in [2.05, 4.69) is 5.16 Å². The third-order valence-electron chi connectivity index (χ3n) is 3.17. The fourth-order valence-corrected chi connectivity index (χ4v) is 3.67. The molecule has 20 heavy (non-hydrogen) atoms. The molecular weight excluding hydrogens is 274 g/mol. The maximum absolute atomic E-state index is 12.4. The first kappa shape index (κ1) is 14.8. The van der Waals surface area contributed by atoms with Crippen molar-refractivity contribution in [1.82, 2.24) is 0 Å². The van der Waals surface area contributed by atoms with Gasteiger partial charge >= 0.3 is 0 Å². The number of hydrogen-bond acceptors (Lipinski definition) is 4. The third kappa shape index (κ3) is 3.28. The van der Waals surface area contributed by atoms with E-state index in [0.717, 1.165) is 11.1 Å². The highest BCUT2D eigenvalue weighted by Crippen LogP contribution is 2.27. The molecule has 0 bridgehead atoms. The van der Waals surface area contributed by atoms with Gasteiger partial charge < -0.3 is 4.84 Å². The highest BCUT2D eigenvalue weighted by Gasteiger charge is 2.36. The second kappa shape index (κ2) is 5.40. The number of allylic oxidation sites excluding steroid dienone is 1. The van der Waals surface area contributed by atoms with E-state index in [1.54, 1.807) is 0 Å². The second-order valence-electron chi connectivity index (χ2n) is 5.45. The summed E-state index contributed by atoms with van der Waals surface area (Å²) in [6, 6.07) is 9.50. The molecule has 0 saturated heterocycles. The van der Waals surface area contributed by atoms with Crippen molar-refractivity contribution in [3.05, 3.63) is 42.0 Å². The van der Waals surface area contributed by atoms with E-state index in [9.17, 15) is 8.42 Å². The number of hydrogen-bond donors (Lipinski definition) is 0. The lowest BCUT2D eigenvalue weighted by atomic mass is 10.1. The summed E-state index contributed by atoms with van der Waals surface area (Å²) >= 11 is 0. The third-order valence-corrected chi connectivity index (χ3v) is 4.80. The van der Waals surface area contributed by atoms with Crippen molar-refractivity contribution in [2.24, 2.45) is 5.16 Å². The first-order valence-electron chi connectivity index (χ1n) is 6.52. The van der Waals surface area contributed by atoms with Crippen LogP contribution in [0.15, 0.2) is 41.6 Å². The molecule has 0 radical (unpaired) electrons. The quantitative estimate of drug-likeness (QED) is 0.860. The van der Waals surface area contributed by atoms with Crippen LogP contribution in [0.4, 0.5) is 0 Å². The molecule has 0 aromatic heterocycles. The van der Waals surface area contributed by atoms with Crippen LogP contribution in [-0.4, -0.2) is 24.8 Å². The summed E-state index contributed by atoms with van der Waals surface area (Å²) in [6.45, 7) is 5.49. The summed E-state index contributed by atoms with van der Waals surface area (Å²) in [5.41, 5.74) is 1.15. The van der Waals surface area contributed by atoms with E-state index >= 15 is 0 Å². The van der Waals surface area contributed by atoms with E-state index < -0.39 is 15.4 Å². The molecule has 1 aliphatic rings. The van der Waals surface area contributed by atoms with Crippen molar-refractivity contribution in [3.63, 3.8) is 0 Å². The van der Waals surface area contributed by atoms with Gasteiger partial charge in [0.05, 0.1) is 5.75 Å². The van der Waals surface area contributed by atoms with Crippen LogP contribution in [0, 0.1) is 0 Å². The number of nitrogens with zero attached hydrogens (tertiary/aromatic N) is 1. The molecule has 1 aromatic rings. The predicted octanol–water partition coefficient (Wildman–Crippen LogP) is 3.02. The van der Waals surface area contributed by atoms with Crippen LogP contribution in [0.1, 0.15) is 32.8 Å². The minimum atomic E-state index is -3.43. The Labute approximate surface area is 120 Å². The maximum Gasteiger partial charge on any atom is 0.199 e. The van der Waals surface area contributed by atoms with Gasteiger partial charge in [0, 0.05) is 6.42 Å². The van der Waals surface area contributed by atoms with Crippen molar-refractivity contribution < 1.29 is 13.3 Å². The molecule has 1 aromatic carbocycles. The number of benzene rings is 1. The van der Waals surface area contributed by atoms with Crippen LogP contribution in [0.2, 0.25) is 0 Å². The molecule has 0 unspecified atom stereocenters. The molecule has 5 heteroatoms. The van der Waals surface area contributed by atoms with Gasteiger partial charge in [0.2, 0.25) is 0 Å². The normalized spacial score (nSPS) is 18.6. The smallest absolute Gasteiger partial charge is 0.199 e. The SMILES string of the molecule is C/C=C(/CS(=O)(=O)C1=NOC(C)(C)C1)c1ccccc1. The summed E-state index contributed by atoms with van der Waals surface area (Å²) < 4.78 is 24.8. The predicted molar refractivity (Wildman–Crippen MR) is 81.1 cm³/mol. The Kier molecular flexibility index (Phi) is 3.99. The standard InChI is InChI=1S/C15H19NO3S/c1-4-12(13-8-6-5-7-9-13)11-20(17,18)14-10-15(2,3)19-16-14/h4-9H,10-11H2,1-3H3/b12-4-. The molecule has 1 aliphatic heterocycles. The van der Waals surface area contributed by atoms with Crippen LogP contribution < -0.4 is 0 Å². The zero-order chi connectivity index (χ0) is 14.8. The Bertz CT molecular complexity index is 643. The molecule has 1 heterocycles. The van der Waals surface area contributed by atoms with Crippen molar-refractivity contribution in [3.8, 4) is 0 Å². The minimum Gasteiger partial charge on any atom is -0.389 e. The molecule has 0 saturated carbocycles. The van der Waals surface area contributed by atoms with Crippen molar-refractivity contribution in [2.45, 2.75) is 32.8 Å². The van der Waals surface area contributed by atoms with Gasteiger partial charge in [-0.15, -0.1) is 0 Å².